The van der Waals surface area contributed by atoms with Crippen molar-refractivity contribution < 1.29 is 0 Å². The fourth-order valence-electron chi connectivity index (χ4n) is 2.18. The Labute approximate surface area is 99.6 Å². The van der Waals surface area contributed by atoms with Crippen LogP contribution in [0.1, 0.15) is 31.7 Å². The summed E-state index contributed by atoms with van der Waals surface area (Å²) in [7, 11) is 0. The Hall–Kier alpha value is -0.570. The minimum Gasteiger partial charge on any atom is -0.366 e. The van der Waals surface area contributed by atoms with Gasteiger partial charge in [-0.05, 0) is 53.2 Å². The molecular formula is C12H17BrN2. The summed E-state index contributed by atoms with van der Waals surface area (Å²) < 4.78 is 1.10. The maximum Gasteiger partial charge on any atom is 0.140 e. The van der Waals surface area contributed by atoms with E-state index in [4.69, 9.17) is 0 Å². The van der Waals surface area contributed by atoms with E-state index in [9.17, 15) is 0 Å². The van der Waals surface area contributed by atoms with Crippen molar-refractivity contribution >= 4 is 21.7 Å². The van der Waals surface area contributed by atoms with Gasteiger partial charge >= 0.3 is 0 Å². The van der Waals surface area contributed by atoms with Gasteiger partial charge in [0.25, 0.3) is 0 Å². The first kappa shape index (κ1) is 10.9. The summed E-state index contributed by atoms with van der Waals surface area (Å²) in [6, 6.07) is 2.61. The highest BCUT2D eigenvalue weighted by Gasteiger charge is 2.23. The second kappa shape index (κ2) is 4.52. The Morgan fingerprint density at radius 2 is 2.27 bits per heavy atom. The average molecular weight is 269 g/mol. The molecule has 0 aliphatic heterocycles. The average Bonchev–Trinajstić information content (AvgIpc) is 2.60. The molecule has 1 N–H and O–H groups in total. The molecule has 1 heterocycles. The zero-order chi connectivity index (χ0) is 10.8. The Kier molecular flexibility index (Phi) is 3.29. The molecule has 0 radical (unpaired) electrons. The van der Waals surface area contributed by atoms with E-state index in [0.29, 0.717) is 6.04 Å². The normalized spacial score (nSPS) is 25.5. The zero-order valence-electron chi connectivity index (χ0n) is 9.26. The lowest BCUT2D eigenvalue weighted by molar-refractivity contribution is 0.554. The molecular weight excluding hydrogens is 252 g/mol. The second-order valence-electron chi connectivity index (χ2n) is 4.45. The molecule has 1 aromatic rings. The minimum atomic E-state index is 0.593. The van der Waals surface area contributed by atoms with Gasteiger partial charge in [0.15, 0.2) is 0 Å². The van der Waals surface area contributed by atoms with Gasteiger partial charge in [0.1, 0.15) is 5.82 Å². The number of halogens is 1. The molecule has 0 aromatic carbocycles. The van der Waals surface area contributed by atoms with Gasteiger partial charge in [-0.1, -0.05) is 13.3 Å². The number of hydrogen-bond acceptors (Lipinski definition) is 2. The lowest BCUT2D eigenvalue weighted by atomic mass is 10.1. The lowest BCUT2D eigenvalue weighted by Gasteiger charge is -2.19. The van der Waals surface area contributed by atoms with E-state index < -0.39 is 0 Å². The maximum atomic E-state index is 4.38. The number of nitrogens with one attached hydrogen (secondary N) is 1. The van der Waals surface area contributed by atoms with Crippen molar-refractivity contribution in [2.45, 2.75) is 39.2 Å². The molecule has 2 nitrogen and oxygen atoms in total. The minimum absolute atomic E-state index is 0.593. The molecule has 0 spiro atoms. The smallest absolute Gasteiger partial charge is 0.140 e. The third-order valence-electron chi connectivity index (χ3n) is 3.27. The first-order valence-electron chi connectivity index (χ1n) is 5.56. The predicted molar refractivity (Wildman–Crippen MR) is 67.1 cm³/mol. The second-order valence-corrected chi connectivity index (χ2v) is 5.24. The topological polar surface area (TPSA) is 24.9 Å². The molecule has 1 aliphatic rings. The van der Waals surface area contributed by atoms with Crippen molar-refractivity contribution in [3.8, 4) is 0 Å². The van der Waals surface area contributed by atoms with E-state index >= 15 is 0 Å². The first-order valence-corrected chi connectivity index (χ1v) is 6.35. The molecule has 2 atom stereocenters. The highest BCUT2D eigenvalue weighted by atomic mass is 79.9. The Morgan fingerprint density at radius 1 is 1.47 bits per heavy atom. The van der Waals surface area contributed by atoms with Crippen molar-refractivity contribution in [1.29, 1.82) is 0 Å². The van der Waals surface area contributed by atoms with E-state index in [2.05, 4.69) is 40.1 Å². The van der Waals surface area contributed by atoms with E-state index in [1.54, 1.807) is 0 Å². The van der Waals surface area contributed by atoms with Gasteiger partial charge in [-0.2, -0.15) is 0 Å². The van der Waals surface area contributed by atoms with Gasteiger partial charge in [-0.25, -0.2) is 4.98 Å². The fourth-order valence-corrected chi connectivity index (χ4v) is 2.53. The quantitative estimate of drug-likeness (QED) is 0.884. The Balaban J connectivity index is 2.13. The lowest BCUT2D eigenvalue weighted by Crippen LogP contribution is -2.22. The van der Waals surface area contributed by atoms with Gasteiger partial charge in [0.2, 0.25) is 0 Å². The van der Waals surface area contributed by atoms with Crippen LogP contribution >= 0.6 is 15.9 Å². The third-order valence-corrected chi connectivity index (χ3v) is 4.27. The summed E-state index contributed by atoms with van der Waals surface area (Å²) >= 11 is 3.58. The Bertz CT molecular complexity index is 351. The van der Waals surface area contributed by atoms with Crippen LogP contribution in [0.2, 0.25) is 0 Å². The van der Waals surface area contributed by atoms with Gasteiger partial charge in [-0.3, -0.25) is 0 Å². The largest absolute Gasteiger partial charge is 0.366 e. The Morgan fingerprint density at radius 3 is 2.93 bits per heavy atom. The van der Waals surface area contributed by atoms with Crippen LogP contribution in [-0.2, 0) is 0 Å². The third kappa shape index (κ3) is 2.33. The summed E-state index contributed by atoms with van der Waals surface area (Å²) in [5, 5.41) is 3.54. The molecule has 15 heavy (non-hydrogen) atoms. The molecule has 3 heteroatoms. The first-order chi connectivity index (χ1) is 7.18. The van der Waals surface area contributed by atoms with E-state index in [-0.39, 0.29) is 0 Å². The van der Waals surface area contributed by atoms with Crippen LogP contribution in [0.5, 0.6) is 0 Å². The number of hydrogen-bond donors (Lipinski definition) is 1. The van der Waals surface area contributed by atoms with E-state index in [1.165, 1.54) is 24.8 Å². The molecule has 1 saturated carbocycles. The molecule has 1 aliphatic carbocycles. The molecule has 0 saturated heterocycles. The van der Waals surface area contributed by atoms with Crippen molar-refractivity contribution in [1.82, 2.24) is 4.98 Å². The predicted octanol–water partition coefficient (Wildman–Crippen LogP) is 3.75. The van der Waals surface area contributed by atoms with Crippen LogP contribution in [0, 0.1) is 12.8 Å². The number of rotatable bonds is 2. The monoisotopic (exact) mass is 268 g/mol. The molecule has 2 unspecified atom stereocenters. The highest BCUT2D eigenvalue weighted by molar-refractivity contribution is 9.10. The van der Waals surface area contributed by atoms with E-state index in [1.807, 2.05) is 12.3 Å². The van der Waals surface area contributed by atoms with Crippen molar-refractivity contribution in [3.63, 3.8) is 0 Å². The zero-order valence-corrected chi connectivity index (χ0v) is 10.8. The SMILES string of the molecule is Cc1ccnc(NC2CCCC2C)c1Br. The summed E-state index contributed by atoms with van der Waals surface area (Å²) in [6.07, 6.45) is 5.80. The van der Waals surface area contributed by atoms with E-state index in [0.717, 1.165) is 16.2 Å². The van der Waals surface area contributed by atoms with Crippen LogP contribution < -0.4 is 5.32 Å². The van der Waals surface area contributed by atoms with Crippen molar-refractivity contribution in [2.75, 3.05) is 5.32 Å². The highest BCUT2D eigenvalue weighted by Crippen LogP contribution is 2.30. The van der Waals surface area contributed by atoms with Crippen LogP contribution in [0.4, 0.5) is 5.82 Å². The van der Waals surface area contributed by atoms with Gasteiger partial charge in [0.05, 0.1) is 4.47 Å². The van der Waals surface area contributed by atoms with Crippen molar-refractivity contribution in [2.24, 2.45) is 5.92 Å². The summed E-state index contributed by atoms with van der Waals surface area (Å²) in [4.78, 5) is 4.38. The molecule has 1 aromatic heterocycles. The van der Waals surface area contributed by atoms with Crippen LogP contribution in [0.25, 0.3) is 0 Å². The molecule has 82 valence electrons. The summed E-state index contributed by atoms with van der Waals surface area (Å²) in [5.41, 5.74) is 1.23. The number of aromatic nitrogens is 1. The number of nitrogens with zero attached hydrogens (tertiary/aromatic N) is 1. The fraction of sp³-hybridized carbons (Fsp3) is 0.583. The van der Waals surface area contributed by atoms with Gasteiger partial charge in [0, 0.05) is 12.2 Å². The maximum absolute atomic E-state index is 4.38. The van der Waals surface area contributed by atoms with Crippen LogP contribution in [-0.4, -0.2) is 11.0 Å². The van der Waals surface area contributed by atoms with Crippen LogP contribution in [0.15, 0.2) is 16.7 Å². The molecule has 1 fully saturated rings. The van der Waals surface area contributed by atoms with Gasteiger partial charge in [-0.15, -0.1) is 0 Å². The summed E-state index contributed by atoms with van der Waals surface area (Å²) in [6.45, 7) is 4.41. The number of aryl methyl sites for hydroxylation is 1. The number of pyridine rings is 1. The summed E-state index contributed by atoms with van der Waals surface area (Å²) in [5.74, 6) is 1.76. The molecule has 2 rings (SSSR count). The standard InChI is InChI=1S/C12H17BrN2/c1-8-4-3-5-10(8)15-12-11(13)9(2)6-7-14-12/h6-8,10H,3-5H2,1-2H3,(H,14,15). The van der Waals surface area contributed by atoms with Gasteiger partial charge < -0.3 is 5.32 Å². The van der Waals surface area contributed by atoms with Crippen LogP contribution in [0.3, 0.4) is 0 Å². The molecule has 0 amide bonds. The van der Waals surface area contributed by atoms with Crippen molar-refractivity contribution in [3.05, 3.63) is 22.3 Å². The molecule has 0 bridgehead atoms. The number of anilines is 1.